The number of carbonyl (C=O) groups is 3. The normalized spacial score (nSPS) is 24.8. The van der Waals surface area contributed by atoms with Gasteiger partial charge in [0.1, 0.15) is 0 Å². The fourth-order valence-electron chi connectivity index (χ4n) is 5.76. The average Bonchev–Trinajstić information content (AvgIpc) is 3.15. The van der Waals surface area contributed by atoms with Gasteiger partial charge < -0.3 is 14.4 Å². The molecule has 0 aliphatic heterocycles. The quantitative estimate of drug-likeness (QED) is 0.271. The molecule has 3 aliphatic rings. The van der Waals surface area contributed by atoms with Gasteiger partial charge in [0.2, 0.25) is 5.91 Å². The highest BCUT2D eigenvalue weighted by atomic mass is 16.5. The molecule has 1 atom stereocenters. The number of nitrogens with zero attached hydrogens (tertiary/aromatic N) is 1. The van der Waals surface area contributed by atoms with Gasteiger partial charge in [-0.1, -0.05) is 56.8 Å². The first-order valence-corrected chi connectivity index (χ1v) is 11.8. The van der Waals surface area contributed by atoms with Crippen LogP contribution in [0.15, 0.2) is 24.3 Å². The molecular formula is C25H37NO5. The lowest BCUT2D eigenvalue weighted by Gasteiger charge is -2.41. The van der Waals surface area contributed by atoms with Crippen LogP contribution in [0.1, 0.15) is 77.0 Å². The van der Waals surface area contributed by atoms with Crippen molar-refractivity contribution >= 4 is 17.8 Å². The summed E-state index contributed by atoms with van der Waals surface area (Å²) in [5.74, 6) is -1.38. The van der Waals surface area contributed by atoms with Crippen molar-refractivity contribution in [2.45, 2.75) is 89.1 Å². The van der Waals surface area contributed by atoms with Crippen molar-refractivity contribution in [3.8, 4) is 0 Å². The van der Waals surface area contributed by atoms with Gasteiger partial charge in [-0.05, 0) is 50.5 Å². The summed E-state index contributed by atoms with van der Waals surface area (Å²) < 4.78 is 9.80. The van der Waals surface area contributed by atoms with Crippen molar-refractivity contribution < 1.29 is 23.9 Å². The zero-order valence-corrected chi connectivity index (χ0v) is 19.1. The highest BCUT2D eigenvalue weighted by Gasteiger charge is 2.54. The third-order valence-electron chi connectivity index (χ3n) is 7.44. The third-order valence-corrected chi connectivity index (χ3v) is 7.44. The van der Waals surface area contributed by atoms with Crippen LogP contribution in [0.5, 0.6) is 0 Å². The summed E-state index contributed by atoms with van der Waals surface area (Å²) in [7, 11) is 2.55. The molecule has 3 rings (SSSR count). The van der Waals surface area contributed by atoms with Crippen molar-refractivity contribution in [3.63, 3.8) is 0 Å². The van der Waals surface area contributed by atoms with E-state index in [9.17, 15) is 14.4 Å². The summed E-state index contributed by atoms with van der Waals surface area (Å²) in [5.41, 5.74) is -0.618. The van der Waals surface area contributed by atoms with Gasteiger partial charge in [-0.3, -0.25) is 14.4 Å². The second kappa shape index (κ2) is 10.5. The smallest absolute Gasteiger partial charge is 0.323 e. The first-order chi connectivity index (χ1) is 14.9. The van der Waals surface area contributed by atoms with Crippen LogP contribution in [0.25, 0.3) is 0 Å². The van der Waals surface area contributed by atoms with Crippen LogP contribution in [-0.2, 0) is 23.9 Å². The molecule has 0 unspecified atom stereocenters. The Balaban J connectivity index is 1.76. The molecule has 0 N–H and O–H groups in total. The largest absolute Gasteiger partial charge is 0.468 e. The van der Waals surface area contributed by atoms with Crippen LogP contribution in [0, 0.1) is 11.3 Å². The molecule has 0 aromatic carbocycles. The van der Waals surface area contributed by atoms with E-state index in [-0.39, 0.29) is 24.7 Å². The minimum atomic E-state index is -1.37. The Bertz CT molecular complexity index is 681. The predicted molar refractivity (Wildman–Crippen MR) is 118 cm³/mol. The molecule has 3 saturated carbocycles. The molecule has 6 heteroatoms. The summed E-state index contributed by atoms with van der Waals surface area (Å²) in [6, 6.07) is 0.648. The molecule has 0 aromatic heterocycles. The fraction of sp³-hybridized carbons (Fsp3) is 0.720. The Morgan fingerprint density at radius 1 is 0.903 bits per heavy atom. The van der Waals surface area contributed by atoms with E-state index in [1.165, 1.54) is 52.7 Å². The van der Waals surface area contributed by atoms with E-state index < -0.39 is 17.4 Å². The summed E-state index contributed by atoms with van der Waals surface area (Å²) in [5, 5.41) is 0. The number of allylic oxidation sites excluding steroid dienone is 2. The molecule has 31 heavy (non-hydrogen) atoms. The summed E-state index contributed by atoms with van der Waals surface area (Å²) >= 11 is 0. The number of hydrogen-bond donors (Lipinski definition) is 0. The van der Waals surface area contributed by atoms with Gasteiger partial charge in [-0.25, -0.2) is 0 Å². The molecule has 0 bridgehead atoms. The van der Waals surface area contributed by atoms with Crippen molar-refractivity contribution in [2.75, 3.05) is 14.2 Å². The molecular weight excluding hydrogens is 394 g/mol. The topological polar surface area (TPSA) is 72.9 Å². The maximum atomic E-state index is 13.4. The van der Waals surface area contributed by atoms with E-state index in [1.807, 2.05) is 6.08 Å². The number of methoxy groups -OCH3 is 2. The zero-order valence-electron chi connectivity index (χ0n) is 19.1. The Labute approximate surface area is 186 Å². The molecule has 6 nitrogen and oxygen atoms in total. The van der Waals surface area contributed by atoms with E-state index in [2.05, 4.69) is 11.5 Å². The van der Waals surface area contributed by atoms with Gasteiger partial charge in [0.15, 0.2) is 5.41 Å². The number of amides is 1. The SMILES string of the molecule is C=C1CC(C(=O)OC)(C(=O)OC)C[C@@H]1/C=C/C(=O)N(C1CCCCC1)C1CCCCC1. The first-order valence-electron chi connectivity index (χ1n) is 11.8. The monoisotopic (exact) mass is 431 g/mol. The number of carbonyl (C=O) groups excluding carboxylic acids is 3. The molecule has 1 amide bonds. The minimum Gasteiger partial charge on any atom is -0.468 e. The maximum absolute atomic E-state index is 13.4. The van der Waals surface area contributed by atoms with Crippen LogP contribution in [0.2, 0.25) is 0 Å². The van der Waals surface area contributed by atoms with E-state index in [4.69, 9.17) is 9.47 Å². The fourth-order valence-corrected chi connectivity index (χ4v) is 5.76. The lowest BCUT2D eigenvalue weighted by atomic mass is 9.85. The maximum Gasteiger partial charge on any atom is 0.323 e. The number of hydrogen-bond acceptors (Lipinski definition) is 5. The summed E-state index contributed by atoms with van der Waals surface area (Å²) in [4.78, 5) is 40.4. The second-order valence-corrected chi connectivity index (χ2v) is 9.40. The predicted octanol–water partition coefficient (Wildman–Crippen LogP) is 4.34. The molecule has 0 saturated heterocycles. The molecule has 3 fully saturated rings. The van der Waals surface area contributed by atoms with E-state index in [0.29, 0.717) is 12.1 Å². The van der Waals surface area contributed by atoms with Crippen molar-refractivity contribution in [1.82, 2.24) is 4.90 Å². The molecule has 0 radical (unpaired) electrons. The van der Waals surface area contributed by atoms with Crippen LogP contribution >= 0.6 is 0 Å². The molecule has 0 aromatic rings. The molecule has 3 aliphatic carbocycles. The van der Waals surface area contributed by atoms with Gasteiger partial charge >= 0.3 is 11.9 Å². The minimum absolute atomic E-state index is 0.0558. The summed E-state index contributed by atoms with van der Waals surface area (Å²) in [6.45, 7) is 4.08. The van der Waals surface area contributed by atoms with Crippen LogP contribution < -0.4 is 0 Å². The highest BCUT2D eigenvalue weighted by molar-refractivity contribution is 6.01. The second-order valence-electron chi connectivity index (χ2n) is 9.40. The Morgan fingerprint density at radius 2 is 1.39 bits per heavy atom. The van der Waals surface area contributed by atoms with Crippen molar-refractivity contribution in [3.05, 3.63) is 24.3 Å². The Morgan fingerprint density at radius 3 is 1.84 bits per heavy atom. The van der Waals surface area contributed by atoms with Crippen LogP contribution in [-0.4, -0.2) is 49.0 Å². The molecule has 0 heterocycles. The lowest BCUT2D eigenvalue weighted by Crippen LogP contribution is -2.48. The van der Waals surface area contributed by atoms with Gasteiger partial charge in [-0.2, -0.15) is 0 Å². The number of esters is 2. The van der Waals surface area contributed by atoms with Gasteiger partial charge in [0.05, 0.1) is 14.2 Å². The van der Waals surface area contributed by atoms with Crippen molar-refractivity contribution in [1.29, 1.82) is 0 Å². The Kier molecular flexibility index (Phi) is 7.95. The number of ether oxygens (including phenoxy) is 2. The van der Waals surface area contributed by atoms with E-state index in [0.717, 1.165) is 31.3 Å². The first kappa shape index (κ1) is 23.6. The Hall–Kier alpha value is -2.11. The lowest BCUT2D eigenvalue weighted by molar-refractivity contribution is -0.168. The average molecular weight is 432 g/mol. The standard InChI is InChI=1S/C25H37NO5/c1-18-16-25(23(28)30-2,24(29)31-3)17-19(18)14-15-22(27)26(20-10-6-4-7-11-20)21-12-8-5-9-13-21/h14-15,19-21H,1,4-13,16-17H2,2-3H3/b15-14+/t19-/m0/s1. The van der Waals surface area contributed by atoms with Crippen molar-refractivity contribution in [2.24, 2.45) is 11.3 Å². The number of rotatable bonds is 6. The molecule has 172 valence electrons. The zero-order chi connectivity index (χ0) is 22.4. The van der Waals surface area contributed by atoms with Crippen LogP contribution in [0.4, 0.5) is 0 Å². The van der Waals surface area contributed by atoms with E-state index in [1.54, 1.807) is 6.08 Å². The highest BCUT2D eigenvalue weighted by Crippen LogP contribution is 2.47. The third kappa shape index (κ3) is 5.04. The van der Waals surface area contributed by atoms with E-state index >= 15 is 0 Å². The summed E-state index contributed by atoms with van der Waals surface area (Å²) in [6.07, 6.45) is 15.5. The molecule has 0 spiro atoms. The van der Waals surface area contributed by atoms with Crippen LogP contribution in [0.3, 0.4) is 0 Å². The van der Waals surface area contributed by atoms with Gasteiger partial charge in [0.25, 0.3) is 0 Å². The van der Waals surface area contributed by atoms with Gasteiger partial charge in [-0.15, -0.1) is 0 Å². The van der Waals surface area contributed by atoms with Gasteiger partial charge in [0, 0.05) is 12.1 Å².